The molecule has 0 aliphatic heterocycles. The van der Waals surface area contributed by atoms with Crippen molar-refractivity contribution in [3.05, 3.63) is 35.9 Å². The molecule has 3 N–H and O–H groups in total. The second kappa shape index (κ2) is 11.7. The van der Waals surface area contributed by atoms with Crippen LogP contribution in [-0.4, -0.2) is 34.9 Å². The molecule has 2 amide bonds. The van der Waals surface area contributed by atoms with E-state index in [9.17, 15) is 9.59 Å². The summed E-state index contributed by atoms with van der Waals surface area (Å²) in [6, 6.07) is 10.1. The molecule has 0 spiro atoms. The predicted octanol–water partition coefficient (Wildman–Crippen LogP) is 3.17. The second-order valence-corrected chi connectivity index (χ2v) is 7.72. The van der Waals surface area contributed by atoms with E-state index in [-0.39, 0.29) is 18.2 Å². The van der Waals surface area contributed by atoms with Gasteiger partial charge in [-0.15, -0.1) is 0 Å². The number of carbonyl (C=O) groups excluding carboxylic acids is 2. The summed E-state index contributed by atoms with van der Waals surface area (Å²) in [7, 11) is 0. The van der Waals surface area contributed by atoms with Crippen molar-refractivity contribution >= 4 is 29.1 Å². The predicted molar refractivity (Wildman–Crippen MR) is 112 cm³/mol. The lowest BCUT2D eigenvalue weighted by Crippen LogP contribution is -2.44. The lowest BCUT2D eigenvalue weighted by atomic mass is 9.86. The number of amides is 2. The number of nitrogens with two attached hydrogens (primary N) is 1. The van der Waals surface area contributed by atoms with Gasteiger partial charge in [0.2, 0.25) is 11.8 Å². The molecular weight excluding hydrogens is 358 g/mol. The highest BCUT2D eigenvalue weighted by molar-refractivity contribution is 7.80. The zero-order valence-corrected chi connectivity index (χ0v) is 16.8. The molecule has 27 heavy (non-hydrogen) atoms. The van der Waals surface area contributed by atoms with Crippen LogP contribution >= 0.6 is 12.2 Å². The average Bonchev–Trinajstić information content (AvgIpc) is 2.67. The highest BCUT2D eigenvalue weighted by Gasteiger charge is 2.17. The number of hydrogen-bond donors (Lipinski definition) is 2. The number of thiocarbonyl (C=S) groups is 1. The molecule has 1 aromatic carbocycles. The zero-order chi connectivity index (χ0) is 19.5. The topological polar surface area (TPSA) is 75.4 Å². The van der Waals surface area contributed by atoms with Crippen LogP contribution in [0.4, 0.5) is 0 Å². The van der Waals surface area contributed by atoms with E-state index in [4.69, 9.17) is 18.0 Å². The summed E-state index contributed by atoms with van der Waals surface area (Å²) >= 11 is 5.43. The minimum absolute atomic E-state index is 0.0330. The van der Waals surface area contributed by atoms with Crippen molar-refractivity contribution < 1.29 is 9.59 Å². The Morgan fingerprint density at radius 2 is 1.78 bits per heavy atom. The van der Waals surface area contributed by atoms with E-state index in [0.717, 1.165) is 12.8 Å². The van der Waals surface area contributed by atoms with E-state index < -0.39 is 0 Å². The molecule has 0 atom stereocenters. The van der Waals surface area contributed by atoms with E-state index in [1.165, 1.54) is 37.7 Å². The molecule has 6 heteroatoms. The highest BCUT2D eigenvalue weighted by atomic mass is 32.1. The molecule has 1 saturated carbocycles. The smallest absolute Gasteiger partial charge is 0.226 e. The fourth-order valence-electron chi connectivity index (χ4n) is 3.54. The van der Waals surface area contributed by atoms with Crippen LogP contribution in [-0.2, 0) is 16.0 Å². The molecule has 0 radical (unpaired) electrons. The Hall–Kier alpha value is -1.95. The summed E-state index contributed by atoms with van der Waals surface area (Å²) in [6.45, 7) is 1.06. The molecule has 5 nitrogen and oxygen atoms in total. The van der Waals surface area contributed by atoms with E-state index in [0.29, 0.717) is 30.5 Å². The van der Waals surface area contributed by atoms with Gasteiger partial charge in [-0.3, -0.25) is 9.59 Å². The monoisotopic (exact) mass is 389 g/mol. The largest absolute Gasteiger partial charge is 0.370 e. The molecule has 0 saturated heterocycles. The summed E-state index contributed by atoms with van der Waals surface area (Å²) in [5, 5.41) is 3.24. The third-order valence-corrected chi connectivity index (χ3v) is 5.54. The third kappa shape index (κ3) is 8.52. The standard InChI is InChI=1S/C21H31N3O2S/c22-19(25)14-16-24(15-13-18-9-5-2-6-10-18)21(27)23-20(26)12-11-17-7-3-1-4-8-17/h2,5-6,9-10,17H,1,3-4,7-8,11-16H2,(H2,22,25)(H,23,26,27). The number of benzene rings is 1. The molecule has 1 fully saturated rings. The molecule has 148 valence electrons. The van der Waals surface area contributed by atoms with E-state index in [2.05, 4.69) is 17.4 Å². The Labute approximate surface area is 167 Å². The SMILES string of the molecule is NC(=O)CCN(CCc1ccccc1)C(=S)NC(=O)CCC1CCCCC1. The summed E-state index contributed by atoms with van der Waals surface area (Å²) in [4.78, 5) is 25.3. The first kappa shape index (κ1) is 21.4. The molecule has 0 heterocycles. The Balaban J connectivity index is 1.81. The van der Waals surface area contributed by atoms with Crippen molar-refractivity contribution in [1.29, 1.82) is 0 Å². The number of rotatable bonds is 9. The summed E-state index contributed by atoms with van der Waals surface area (Å²) in [6.07, 6.45) is 8.80. The normalized spacial score (nSPS) is 14.5. The van der Waals surface area contributed by atoms with Crippen molar-refractivity contribution in [3.8, 4) is 0 Å². The van der Waals surface area contributed by atoms with Gasteiger partial charge in [0.1, 0.15) is 0 Å². The first-order valence-corrected chi connectivity index (χ1v) is 10.4. The number of primary amides is 1. The third-order valence-electron chi connectivity index (χ3n) is 5.18. The van der Waals surface area contributed by atoms with Crippen LogP contribution in [0.2, 0.25) is 0 Å². The van der Waals surface area contributed by atoms with Crippen molar-refractivity contribution in [2.45, 2.75) is 57.8 Å². The maximum absolute atomic E-state index is 12.3. The Kier molecular flexibility index (Phi) is 9.25. The van der Waals surface area contributed by atoms with Crippen LogP contribution < -0.4 is 11.1 Å². The van der Waals surface area contributed by atoms with Crippen LogP contribution in [0.15, 0.2) is 30.3 Å². The Bertz CT molecular complexity index is 615. The minimum atomic E-state index is -0.369. The van der Waals surface area contributed by atoms with Gasteiger partial charge in [0.15, 0.2) is 5.11 Å². The van der Waals surface area contributed by atoms with Gasteiger partial charge in [0.25, 0.3) is 0 Å². The number of hydrogen-bond acceptors (Lipinski definition) is 3. The fraction of sp³-hybridized carbons (Fsp3) is 0.571. The van der Waals surface area contributed by atoms with Gasteiger partial charge >= 0.3 is 0 Å². The first-order chi connectivity index (χ1) is 13.0. The van der Waals surface area contributed by atoms with Crippen LogP contribution in [0.1, 0.15) is 56.9 Å². The molecule has 1 aliphatic carbocycles. The van der Waals surface area contributed by atoms with Gasteiger partial charge in [-0.05, 0) is 36.5 Å². The van der Waals surface area contributed by atoms with Crippen LogP contribution in [0.3, 0.4) is 0 Å². The lowest BCUT2D eigenvalue weighted by Gasteiger charge is -2.25. The van der Waals surface area contributed by atoms with Gasteiger partial charge in [0, 0.05) is 25.9 Å². The van der Waals surface area contributed by atoms with Crippen LogP contribution in [0, 0.1) is 5.92 Å². The number of carbonyl (C=O) groups is 2. The maximum atomic E-state index is 12.3. The maximum Gasteiger partial charge on any atom is 0.226 e. The zero-order valence-electron chi connectivity index (χ0n) is 16.0. The van der Waals surface area contributed by atoms with Gasteiger partial charge in [-0.1, -0.05) is 62.4 Å². The fourth-order valence-corrected chi connectivity index (χ4v) is 3.84. The van der Waals surface area contributed by atoms with Crippen LogP contribution in [0.25, 0.3) is 0 Å². The van der Waals surface area contributed by atoms with Crippen molar-refractivity contribution in [2.24, 2.45) is 11.7 Å². The van der Waals surface area contributed by atoms with Gasteiger partial charge in [-0.2, -0.15) is 0 Å². The highest BCUT2D eigenvalue weighted by Crippen LogP contribution is 2.27. The van der Waals surface area contributed by atoms with Gasteiger partial charge in [-0.25, -0.2) is 0 Å². The summed E-state index contributed by atoms with van der Waals surface area (Å²) in [5.41, 5.74) is 6.47. The minimum Gasteiger partial charge on any atom is -0.370 e. The van der Waals surface area contributed by atoms with Gasteiger partial charge in [0.05, 0.1) is 0 Å². The van der Waals surface area contributed by atoms with Crippen molar-refractivity contribution in [2.75, 3.05) is 13.1 Å². The molecule has 1 aliphatic rings. The Morgan fingerprint density at radius 1 is 1.07 bits per heavy atom. The van der Waals surface area contributed by atoms with Crippen LogP contribution in [0.5, 0.6) is 0 Å². The Morgan fingerprint density at radius 3 is 2.44 bits per heavy atom. The molecule has 2 rings (SSSR count). The average molecular weight is 390 g/mol. The van der Waals surface area contributed by atoms with Crippen molar-refractivity contribution in [1.82, 2.24) is 10.2 Å². The summed E-state index contributed by atoms with van der Waals surface area (Å²) in [5.74, 6) is 0.266. The molecule has 0 bridgehead atoms. The second-order valence-electron chi connectivity index (χ2n) is 7.33. The quantitative estimate of drug-likeness (QED) is 0.636. The molecular formula is C21H31N3O2S. The molecule has 0 unspecified atom stereocenters. The van der Waals surface area contributed by atoms with Crippen molar-refractivity contribution in [3.63, 3.8) is 0 Å². The summed E-state index contributed by atoms with van der Waals surface area (Å²) < 4.78 is 0. The van der Waals surface area contributed by atoms with E-state index >= 15 is 0 Å². The molecule has 0 aromatic heterocycles. The van der Waals surface area contributed by atoms with E-state index in [1.54, 1.807) is 0 Å². The lowest BCUT2D eigenvalue weighted by molar-refractivity contribution is -0.120. The number of nitrogens with one attached hydrogen (secondary N) is 1. The first-order valence-electron chi connectivity index (χ1n) is 9.95. The number of nitrogens with zero attached hydrogens (tertiary/aromatic N) is 1. The van der Waals surface area contributed by atoms with E-state index in [1.807, 2.05) is 23.1 Å². The van der Waals surface area contributed by atoms with Gasteiger partial charge < -0.3 is 16.0 Å². The molecule has 1 aromatic rings.